The van der Waals surface area contributed by atoms with E-state index < -0.39 is 0 Å². The molecule has 24 heavy (non-hydrogen) atoms. The molecule has 1 saturated heterocycles. The van der Waals surface area contributed by atoms with Crippen LogP contribution in [0.4, 0.5) is 5.69 Å². The van der Waals surface area contributed by atoms with E-state index in [1.807, 2.05) is 12.1 Å². The predicted octanol–water partition coefficient (Wildman–Crippen LogP) is 2.33. The van der Waals surface area contributed by atoms with E-state index >= 15 is 0 Å². The summed E-state index contributed by atoms with van der Waals surface area (Å²) in [6.07, 6.45) is 3.14. The minimum absolute atomic E-state index is 0.344. The van der Waals surface area contributed by atoms with Gasteiger partial charge in [-0.05, 0) is 12.1 Å². The van der Waals surface area contributed by atoms with E-state index in [0.717, 1.165) is 31.7 Å². The SMILES string of the molecule is N#Cc1cnn2cc(Cl)nc(-c3ccc(N4CCNCC4)cc3)c12. The summed E-state index contributed by atoms with van der Waals surface area (Å²) < 4.78 is 1.60. The van der Waals surface area contributed by atoms with Crippen LogP contribution in [0.5, 0.6) is 0 Å². The van der Waals surface area contributed by atoms with Gasteiger partial charge in [-0.3, -0.25) is 0 Å². The molecule has 1 aliphatic rings. The first-order valence-electron chi connectivity index (χ1n) is 7.76. The second-order valence-corrected chi connectivity index (χ2v) is 6.05. The van der Waals surface area contributed by atoms with Gasteiger partial charge in [0, 0.05) is 37.4 Å². The van der Waals surface area contributed by atoms with Gasteiger partial charge in [-0.15, -0.1) is 0 Å². The Kier molecular flexibility index (Phi) is 3.81. The first-order chi connectivity index (χ1) is 11.8. The number of aromatic nitrogens is 3. The van der Waals surface area contributed by atoms with Crippen LogP contribution in [0.2, 0.25) is 5.15 Å². The summed E-state index contributed by atoms with van der Waals surface area (Å²) in [5, 5.41) is 17.2. The van der Waals surface area contributed by atoms with Gasteiger partial charge in [0.25, 0.3) is 0 Å². The molecule has 1 aromatic carbocycles. The lowest BCUT2D eigenvalue weighted by atomic mass is 10.1. The van der Waals surface area contributed by atoms with E-state index in [9.17, 15) is 5.26 Å². The van der Waals surface area contributed by atoms with Gasteiger partial charge < -0.3 is 10.2 Å². The normalized spacial score (nSPS) is 14.8. The zero-order valence-electron chi connectivity index (χ0n) is 12.9. The van der Waals surface area contributed by atoms with Gasteiger partial charge >= 0.3 is 0 Å². The van der Waals surface area contributed by atoms with Crippen molar-refractivity contribution < 1.29 is 0 Å². The van der Waals surface area contributed by atoms with Gasteiger partial charge in [0.15, 0.2) is 0 Å². The largest absolute Gasteiger partial charge is 0.369 e. The van der Waals surface area contributed by atoms with E-state index in [1.54, 1.807) is 10.7 Å². The number of fused-ring (bicyclic) bond motifs is 1. The van der Waals surface area contributed by atoms with Crippen molar-refractivity contribution in [3.63, 3.8) is 0 Å². The molecule has 120 valence electrons. The van der Waals surface area contributed by atoms with Crippen LogP contribution in [-0.2, 0) is 0 Å². The monoisotopic (exact) mass is 338 g/mol. The highest BCUT2D eigenvalue weighted by Crippen LogP contribution is 2.28. The van der Waals surface area contributed by atoms with Crippen molar-refractivity contribution in [2.45, 2.75) is 0 Å². The number of anilines is 1. The number of halogens is 1. The standard InChI is InChI=1S/C17H15ClN6/c18-15-11-24-17(13(9-19)10-21-24)16(22-15)12-1-3-14(4-2-12)23-7-5-20-6-8-23/h1-4,10-11,20H,5-8H2. The summed E-state index contributed by atoms with van der Waals surface area (Å²) >= 11 is 6.11. The maximum Gasteiger partial charge on any atom is 0.148 e. The number of nitriles is 1. The fraction of sp³-hybridized carbons (Fsp3) is 0.235. The number of nitrogens with zero attached hydrogens (tertiary/aromatic N) is 5. The highest BCUT2D eigenvalue weighted by molar-refractivity contribution is 6.29. The molecular formula is C17H15ClN6. The van der Waals surface area contributed by atoms with Crippen molar-refractivity contribution in [3.05, 3.63) is 47.4 Å². The first kappa shape index (κ1) is 14.9. The molecule has 0 bridgehead atoms. The van der Waals surface area contributed by atoms with E-state index in [4.69, 9.17) is 11.6 Å². The van der Waals surface area contributed by atoms with Gasteiger partial charge in [-0.1, -0.05) is 23.7 Å². The van der Waals surface area contributed by atoms with Crippen LogP contribution in [0.25, 0.3) is 16.8 Å². The van der Waals surface area contributed by atoms with Gasteiger partial charge in [0.1, 0.15) is 22.3 Å². The molecule has 0 spiro atoms. The van der Waals surface area contributed by atoms with Crippen LogP contribution < -0.4 is 10.2 Å². The Hall–Kier alpha value is -2.62. The quantitative estimate of drug-likeness (QED) is 0.776. The zero-order chi connectivity index (χ0) is 16.5. The third-order valence-corrected chi connectivity index (χ3v) is 4.39. The molecule has 4 rings (SSSR count). The molecule has 1 N–H and O–H groups in total. The lowest BCUT2D eigenvalue weighted by Gasteiger charge is -2.29. The molecule has 0 unspecified atom stereocenters. The van der Waals surface area contributed by atoms with Crippen molar-refractivity contribution in [1.82, 2.24) is 19.9 Å². The van der Waals surface area contributed by atoms with Gasteiger partial charge in [0.2, 0.25) is 0 Å². The van der Waals surface area contributed by atoms with Crippen molar-refractivity contribution >= 4 is 22.8 Å². The molecular weight excluding hydrogens is 324 g/mol. The Morgan fingerprint density at radius 3 is 2.62 bits per heavy atom. The van der Waals surface area contributed by atoms with Crippen molar-refractivity contribution in [3.8, 4) is 17.3 Å². The summed E-state index contributed by atoms with van der Waals surface area (Å²) in [7, 11) is 0. The molecule has 0 atom stereocenters. The Bertz CT molecular complexity index is 919. The molecule has 0 radical (unpaired) electrons. The van der Waals surface area contributed by atoms with Crippen LogP contribution in [-0.4, -0.2) is 40.8 Å². The molecule has 2 aromatic heterocycles. The molecule has 0 amide bonds. The molecule has 1 fully saturated rings. The highest BCUT2D eigenvalue weighted by Gasteiger charge is 2.15. The van der Waals surface area contributed by atoms with Crippen molar-refractivity contribution in [2.75, 3.05) is 31.1 Å². The third-order valence-electron chi connectivity index (χ3n) is 4.21. The number of hydrogen-bond acceptors (Lipinski definition) is 5. The lowest BCUT2D eigenvalue weighted by Crippen LogP contribution is -2.43. The Labute approximate surface area is 144 Å². The van der Waals surface area contributed by atoms with Crippen LogP contribution in [0, 0.1) is 11.3 Å². The van der Waals surface area contributed by atoms with Gasteiger partial charge in [-0.25, -0.2) is 9.50 Å². The Morgan fingerprint density at radius 1 is 1.17 bits per heavy atom. The lowest BCUT2D eigenvalue weighted by molar-refractivity contribution is 0.589. The molecule has 1 aliphatic heterocycles. The maximum absolute atomic E-state index is 9.30. The number of benzene rings is 1. The molecule has 3 heterocycles. The minimum atomic E-state index is 0.344. The number of piperazine rings is 1. The van der Waals surface area contributed by atoms with Crippen LogP contribution >= 0.6 is 11.6 Å². The van der Waals surface area contributed by atoms with Crippen molar-refractivity contribution in [1.29, 1.82) is 5.26 Å². The van der Waals surface area contributed by atoms with Crippen LogP contribution in [0.1, 0.15) is 5.56 Å². The van der Waals surface area contributed by atoms with E-state index in [-0.39, 0.29) is 0 Å². The summed E-state index contributed by atoms with van der Waals surface area (Å²) in [5.74, 6) is 0. The fourth-order valence-electron chi connectivity index (χ4n) is 3.02. The van der Waals surface area contributed by atoms with Crippen LogP contribution in [0.3, 0.4) is 0 Å². The fourth-order valence-corrected chi connectivity index (χ4v) is 3.20. The molecule has 7 heteroatoms. The first-order valence-corrected chi connectivity index (χ1v) is 8.14. The topological polar surface area (TPSA) is 69.2 Å². The average molecular weight is 339 g/mol. The predicted molar refractivity (Wildman–Crippen MR) is 93.2 cm³/mol. The Morgan fingerprint density at radius 2 is 1.92 bits per heavy atom. The maximum atomic E-state index is 9.30. The van der Waals surface area contributed by atoms with Gasteiger partial charge in [0.05, 0.1) is 18.1 Å². The van der Waals surface area contributed by atoms with Crippen LogP contribution in [0.15, 0.2) is 36.7 Å². The highest BCUT2D eigenvalue weighted by atomic mass is 35.5. The smallest absolute Gasteiger partial charge is 0.148 e. The number of rotatable bonds is 2. The third kappa shape index (κ3) is 2.58. The van der Waals surface area contributed by atoms with Crippen molar-refractivity contribution in [2.24, 2.45) is 0 Å². The summed E-state index contributed by atoms with van der Waals surface area (Å²) in [5.41, 5.74) is 3.94. The minimum Gasteiger partial charge on any atom is -0.369 e. The molecule has 0 saturated carbocycles. The van der Waals surface area contributed by atoms with E-state index in [1.165, 1.54) is 11.9 Å². The Balaban J connectivity index is 1.77. The van der Waals surface area contributed by atoms with Gasteiger partial charge in [-0.2, -0.15) is 10.4 Å². The molecule has 0 aliphatic carbocycles. The molecule has 6 nitrogen and oxygen atoms in total. The summed E-state index contributed by atoms with van der Waals surface area (Å²) in [6, 6.07) is 10.4. The second-order valence-electron chi connectivity index (χ2n) is 5.66. The van der Waals surface area contributed by atoms with E-state index in [2.05, 4.69) is 38.5 Å². The molecule has 3 aromatic rings. The number of nitrogens with one attached hydrogen (secondary N) is 1. The summed E-state index contributed by atoms with van der Waals surface area (Å²) in [6.45, 7) is 4.00. The number of hydrogen-bond donors (Lipinski definition) is 1. The zero-order valence-corrected chi connectivity index (χ0v) is 13.7. The average Bonchev–Trinajstić information content (AvgIpc) is 3.05. The second kappa shape index (κ2) is 6.11. The summed E-state index contributed by atoms with van der Waals surface area (Å²) in [4.78, 5) is 6.77. The van der Waals surface area contributed by atoms with E-state index in [0.29, 0.717) is 21.9 Å².